The van der Waals surface area contributed by atoms with Crippen LogP contribution in [0.5, 0.6) is 0 Å². The fourth-order valence-electron chi connectivity index (χ4n) is 3.43. The van der Waals surface area contributed by atoms with Crippen molar-refractivity contribution in [2.45, 2.75) is 38.6 Å². The number of nitrogens with two attached hydrogens (primary N) is 1. The monoisotopic (exact) mass is 383 g/mol. The van der Waals surface area contributed by atoms with Crippen molar-refractivity contribution in [1.82, 2.24) is 30.1 Å². The lowest BCUT2D eigenvalue weighted by Crippen LogP contribution is -2.03. The fraction of sp³-hybridized carbons (Fsp3) is 0.333. The van der Waals surface area contributed by atoms with Gasteiger partial charge in [-0.15, -0.1) is 0 Å². The third-order valence-corrected chi connectivity index (χ3v) is 5.12. The first-order chi connectivity index (χ1) is 13.1. The molecule has 5 rings (SSSR count). The normalized spacial score (nSPS) is 14.5. The number of hydrogen-bond donors (Lipinski definition) is 2. The van der Waals surface area contributed by atoms with Gasteiger partial charge in [0.1, 0.15) is 23.0 Å². The Morgan fingerprint density at radius 3 is 2.81 bits per heavy atom. The topological polar surface area (TPSA) is 111 Å². The molecule has 0 atom stereocenters. The van der Waals surface area contributed by atoms with E-state index in [4.69, 9.17) is 27.0 Å². The summed E-state index contributed by atoms with van der Waals surface area (Å²) in [6, 6.07) is 1.99. The van der Waals surface area contributed by atoms with Gasteiger partial charge in [0.05, 0.1) is 33.4 Å². The minimum atomic E-state index is 0.0872. The van der Waals surface area contributed by atoms with Crippen LogP contribution in [0.1, 0.15) is 44.4 Å². The molecule has 9 heteroatoms. The van der Waals surface area contributed by atoms with Crippen LogP contribution in [-0.4, -0.2) is 30.1 Å². The zero-order chi connectivity index (χ0) is 18.7. The molecule has 4 heterocycles. The van der Waals surface area contributed by atoms with E-state index in [1.165, 1.54) is 0 Å². The molecule has 138 valence electrons. The van der Waals surface area contributed by atoms with Crippen molar-refractivity contribution in [3.8, 4) is 22.6 Å². The Morgan fingerprint density at radius 2 is 2.15 bits per heavy atom. The molecule has 1 fully saturated rings. The van der Waals surface area contributed by atoms with Crippen LogP contribution in [-0.2, 0) is 0 Å². The smallest absolute Gasteiger partial charge is 0.149 e. The van der Waals surface area contributed by atoms with E-state index in [1.54, 1.807) is 12.4 Å². The number of pyridine rings is 1. The number of nitrogens with zero attached hydrogens (tertiary/aromatic N) is 5. The van der Waals surface area contributed by atoms with Crippen LogP contribution < -0.4 is 5.73 Å². The molecule has 0 spiro atoms. The number of nitrogens with one attached hydrogen (secondary N) is 1. The maximum atomic E-state index is 6.44. The fourth-order valence-corrected chi connectivity index (χ4v) is 3.66. The summed E-state index contributed by atoms with van der Waals surface area (Å²) in [6.07, 6.45) is 5.50. The Balaban J connectivity index is 1.84. The van der Waals surface area contributed by atoms with Gasteiger partial charge >= 0.3 is 0 Å². The molecule has 1 saturated carbocycles. The molecular formula is C18H18ClN7O. The molecule has 8 nitrogen and oxygen atoms in total. The van der Waals surface area contributed by atoms with Crippen molar-refractivity contribution in [2.24, 2.45) is 0 Å². The summed E-state index contributed by atoms with van der Waals surface area (Å²) in [5, 5.41) is 17.6. The van der Waals surface area contributed by atoms with Gasteiger partial charge in [-0.05, 0) is 32.8 Å². The third-order valence-electron chi connectivity index (χ3n) is 4.85. The summed E-state index contributed by atoms with van der Waals surface area (Å²) in [4.78, 5) is 4.22. The molecule has 0 bridgehead atoms. The first kappa shape index (κ1) is 16.3. The number of nitrogen functional groups attached to an aromatic ring is 1. The molecule has 0 amide bonds. The highest BCUT2D eigenvalue weighted by Gasteiger charge is 2.35. The number of aromatic amines is 1. The molecule has 0 unspecified atom stereocenters. The number of fused-ring (bicyclic) bond motifs is 1. The molecule has 1 aliphatic rings. The van der Waals surface area contributed by atoms with E-state index in [-0.39, 0.29) is 6.04 Å². The summed E-state index contributed by atoms with van der Waals surface area (Å²) < 4.78 is 7.59. The highest BCUT2D eigenvalue weighted by atomic mass is 35.5. The number of H-pyrrole nitrogens is 1. The number of halogens is 1. The van der Waals surface area contributed by atoms with E-state index < -0.39 is 0 Å². The maximum Gasteiger partial charge on any atom is 0.149 e. The molecule has 0 radical (unpaired) electrons. The predicted octanol–water partition coefficient (Wildman–Crippen LogP) is 4.17. The average Bonchev–Trinajstić information content (AvgIpc) is 3.07. The standard InChI is InChI=1S/C18H18ClN7O/c1-8(2)26-16-10(19)7-21-18(20)13(16)14(24-26)15-12(11-5-6-22-23-11)17(27-25-15)9-3-4-9/h5-9H,3-4H2,1-2H3,(H2,20,21)(H,22,23). The Morgan fingerprint density at radius 1 is 1.33 bits per heavy atom. The Hall–Kier alpha value is -2.87. The van der Waals surface area contributed by atoms with Crippen LogP contribution in [0.4, 0.5) is 5.82 Å². The van der Waals surface area contributed by atoms with Crippen LogP contribution in [0.3, 0.4) is 0 Å². The van der Waals surface area contributed by atoms with Crippen molar-refractivity contribution in [3.63, 3.8) is 0 Å². The minimum Gasteiger partial charge on any atom is -0.383 e. The Bertz CT molecular complexity index is 1140. The molecule has 4 aromatic heterocycles. The number of anilines is 1. The lowest BCUT2D eigenvalue weighted by molar-refractivity contribution is 0.386. The highest BCUT2D eigenvalue weighted by molar-refractivity contribution is 6.35. The van der Waals surface area contributed by atoms with Crippen LogP contribution in [0.15, 0.2) is 23.0 Å². The zero-order valence-electron chi connectivity index (χ0n) is 14.9. The summed E-state index contributed by atoms with van der Waals surface area (Å²) in [6.45, 7) is 4.08. The molecule has 0 aliphatic heterocycles. The van der Waals surface area contributed by atoms with E-state index in [0.29, 0.717) is 33.5 Å². The van der Waals surface area contributed by atoms with E-state index in [1.807, 2.05) is 24.6 Å². The summed E-state index contributed by atoms with van der Waals surface area (Å²) in [7, 11) is 0. The molecule has 0 aromatic carbocycles. The molecule has 27 heavy (non-hydrogen) atoms. The quantitative estimate of drug-likeness (QED) is 0.547. The second-order valence-electron chi connectivity index (χ2n) is 7.11. The van der Waals surface area contributed by atoms with Gasteiger partial charge < -0.3 is 10.3 Å². The van der Waals surface area contributed by atoms with Gasteiger partial charge in [-0.1, -0.05) is 16.8 Å². The van der Waals surface area contributed by atoms with Crippen molar-refractivity contribution >= 4 is 28.3 Å². The number of hydrogen-bond acceptors (Lipinski definition) is 6. The Kier molecular flexibility index (Phi) is 3.51. The summed E-state index contributed by atoms with van der Waals surface area (Å²) in [5.41, 5.74) is 9.82. The SMILES string of the molecule is CC(C)n1nc(-c2noc(C3CC3)c2-c2cc[nH]n2)c2c(N)ncc(Cl)c21. The van der Waals surface area contributed by atoms with E-state index in [2.05, 4.69) is 20.3 Å². The van der Waals surface area contributed by atoms with Gasteiger partial charge in [-0.25, -0.2) is 4.98 Å². The third kappa shape index (κ3) is 2.43. The van der Waals surface area contributed by atoms with Gasteiger partial charge in [0, 0.05) is 18.2 Å². The van der Waals surface area contributed by atoms with Crippen molar-refractivity contribution in [2.75, 3.05) is 5.73 Å². The minimum absolute atomic E-state index is 0.0872. The largest absolute Gasteiger partial charge is 0.383 e. The van der Waals surface area contributed by atoms with Crippen molar-refractivity contribution in [1.29, 1.82) is 0 Å². The number of aromatic nitrogens is 6. The van der Waals surface area contributed by atoms with Crippen LogP contribution in [0, 0.1) is 0 Å². The molecule has 3 N–H and O–H groups in total. The number of rotatable bonds is 4. The van der Waals surface area contributed by atoms with Crippen molar-refractivity contribution < 1.29 is 4.52 Å². The second kappa shape index (κ2) is 5.82. The Labute approximate surface area is 159 Å². The lowest BCUT2D eigenvalue weighted by atomic mass is 10.0. The molecule has 1 aliphatic carbocycles. The van der Waals surface area contributed by atoms with E-state index in [0.717, 1.165) is 35.4 Å². The van der Waals surface area contributed by atoms with Crippen LogP contribution in [0.2, 0.25) is 5.02 Å². The zero-order valence-corrected chi connectivity index (χ0v) is 15.7. The molecule has 4 aromatic rings. The first-order valence-corrected chi connectivity index (χ1v) is 9.26. The first-order valence-electron chi connectivity index (χ1n) is 8.88. The summed E-state index contributed by atoms with van der Waals surface area (Å²) in [5.74, 6) is 1.58. The van der Waals surface area contributed by atoms with Gasteiger partial charge in [0.15, 0.2) is 0 Å². The highest BCUT2D eigenvalue weighted by Crippen LogP contribution is 2.48. The van der Waals surface area contributed by atoms with Crippen LogP contribution in [0.25, 0.3) is 33.5 Å². The van der Waals surface area contributed by atoms with Crippen LogP contribution >= 0.6 is 11.6 Å². The van der Waals surface area contributed by atoms with Gasteiger partial charge in [-0.2, -0.15) is 10.2 Å². The average molecular weight is 384 g/mol. The van der Waals surface area contributed by atoms with E-state index in [9.17, 15) is 0 Å². The van der Waals surface area contributed by atoms with Gasteiger partial charge in [0.2, 0.25) is 0 Å². The lowest BCUT2D eigenvalue weighted by Gasteiger charge is -2.07. The van der Waals surface area contributed by atoms with E-state index >= 15 is 0 Å². The van der Waals surface area contributed by atoms with Gasteiger partial charge in [-0.3, -0.25) is 9.78 Å². The van der Waals surface area contributed by atoms with Gasteiger partial charge in [0.25, 0.3) is 0 Å². The predicted molar refractivity (Wildman–Crippen MR) is 102 cm³/mol. The molecule has 0 saturated heterocycles. The summed E-state index contributed by atoms with van der Waals surface area (Å²) >= 11 is 6.44. The second-order valence-corrected chi connectivity index (χ2v) is 7.51. The molecular weight excluding hydrogens is 366 g/mol. The van der Waals surface area contributed by atoms with Crippen molar-refractivity contribution in [3.05, 3.63) is 29.2 Å². The maximum absolute atomic E-state index is 6.44.